The van der Waals surface area contributed by atoms with Gasteiger partial charge in [-0.3, -0.25) is 4.79 Å². The molecule has 0 radical (unpaired) electrons. The number of allylic oxidation sites excluding steroid dienone is 3. The first-order valence-corrected chi connectivity index (χ1v) is 5.48. The van der Waals surface area contributed by atoms with Crippen LogP contribution in [0.3, 0.4) is 0 Å². The van der Waals surface area contributed by atoms with E-state index in [1.165, 1.54) is 0 Å². The molecule has 1 aliphatic carbocycles. The molecule has 1 N–H and O–H groups in total. The second-order valence-corrected chi connectivity index (χ2v) is 4.84. The van der Waals surface area contributed by atoms with Gasteiger partial charge >= 0.3 is 5.97 Å². The van der Waals surface area contributed by atoms with Crippen LogP contribution in [-0.2, 0) is 4.79 Å². The Morgan fingerprint density at radius 3 is 2.80 bits per heavy atom. The summed E-state index contributed by atoms with van der Waals surface area (Å²) in [4.78, 5) is 11.4. The number of carboxylic acids is 1. The highest BCUT2D eigenvalue weighted by Crippen LogP contribution is 2.48. The highest BCUT2D eigenvalue weighted by molar-refractivity contribution is 5.76. The summed E-state index contributed by atoms with van der Waals surface area (Å²) >= 11 is 0. The van der Waals surface area contributed by atoms with E-state index in [0.29, 0.717) is 6.42 Å². The molecule has 1 rings (SSSR count). The van der Waals surface area contributed by atoms with Gasteiger partial charge in [0.1, 0.15) is 0 Å². The van der Waals surface area contributed by atoms with Gasteiger partial charge in [-0.2, -0.15) is 0 Å². The predicted octanol–water partition coefficient (Wildman–Crippen LogP) is 3.40. The molecule has 0 fully saturated rings. The Morgan fingerprint density at radius 2 is 2.40 bits per heavy atom. The van der Waals surface area contributed by atoms with E-state index in [9.17, 15) is 9.90 Å². The molecule has 0 aromatic rings. The van der Waals surface area contributed by atoms with E-state index in [1.807, 2.05) is 13.8 Å². The van der Waals surface area contributed by atoms with Crippen LogP contribution < -0.4 is 0 Å². The largest absolute Gasteiger partial charge is 0.481 e. The lowest BCUT2D eigenvalue weighted by atomic mass is 9.60. The van der Waals surface area contributed by atoms with Gasteiger partial charge in [-0.1, -0.05) is 25.2 Å². The number of rotatable bonds is 4. The molecule has 0 spiro atoms. The van der Waals surface area contributed by atoms with Gasteiger partial charge in [0.15, 0.2) is 0 Å². The van der Waals surface area contributed by atoms with Crippen molar-refractivity contribution in [2.24, 2.45) is 10.8 Å². The number of hydrogen-bond acceptors (Lipinski definition) is 1. The second-order valence-electron chi connectivity index (χ2n) is 4.84. The molecule has 0 saturated heterocycles. The van der Waals surface area contributed by atoms with E-state index in [0.717, 1.165) is 19.3 Å². The summed E-state index contributed by atoms with van der Waals surface area (Å²) in [7, 11) is 0. The molecule has 0 aromatic heterocycles. The molecule has 0 aromatic carbocycles. The maximum Gasteiger partial charge on any atom is 0.310 e. The Labute approximate surface area is 91.7 Å². The van der Waals surface area contributed by atoms with Gasteiger partial charge < -0.3 is 5.11 Å². The van der Waals surface area contributed by atoms with Crippen molar-refractivity contribution in [2.45, 2.75) is 39.5 Å². The molecule has 0 unspecified atom stereocenters. The molecule has 15 heavy (non-hydrogen) atoms. The van der Waals surface area contributed by atoms with Crippen LogP contribution in [0.1, 0.15) is 39.5 Å². The standard InChI is InChI=1S/C13H20O2/c1-4-8-13(3,11(14)15)12(2)9-6-5-7-10-12/h4,6,9H,1,5,7-8,10H2,2-3H3,(H,14,15)/t12-,13+/m1/s1. The third-order valence-electron chi connectivity index (χ3n) is 3.84. The fourth-order valence-electron chi connectivity index (χ4n) is 2.33. The zero-order chi connectivity index (χ0) is 11.5. The Bertz CT molecular complexity index is 293. The third kappa shape index (κ3) is 1.99. The van der Waals surface area contributed by atoms with Gasteiger partial charge in [0.25, 0.3) is 0 Å². The van der Waals surface area contributed by atoms with E-state index < -0.39 is 11.4 Å². The zero-order valence-electron chi connectivity index (χ0n) is 9.62. The van der Waals surface area contributed by atoms with Crippen LogP contribution in [0, 0.1) is 10.8 Å². The summed E-state index contributed by atoms with van der Waals surface area (Å²) < 4.78 is 0. The van der Waals surface area contributed by atoms with Crippen LogP contribution in [0.5, 0.6) is 0 Å². The number of hydrogen-bond donors (Lipinski definition) is 1. The van der Waals surface area contributed by atoms with Gasteiger partial charge in [-0.15, -0.1) is 6.58 Å². The second kappa shape index (κ2) is 4.21. The molecule has 0 saturated carbocycles. The van der Waals surface area contributed by atoms with E-state index in [4.69, 9.17) is 0 Å². The van der Waals surface area contributed by atoms with Crippen LogP contribution >= 0.6 is 0 Å². The van der Waals surface area contributed by atoms with Crippen molar-refractivity contribution in [3.63, 3.8) is 0 Å². The van der Waals surface area contributed by atoms with Crippen LogP contribution in [0.15, 0.2) is 24.8 Å². The minimum Gasteiger partial charge on any atom is -0.481 e. The first-order valence-electron chi connectivity index (χ1n) is 5.48. The fraction of sp³-hybridized carbons (Fsp3) is 0.615. The van der Waals surface area contributed by atoms with Crippen LogP contribution in [-0.4, -0.2) is 11.1 Å². The topological polar surface area (TPSA) is 37.3 Å². The lowest BCUT2D eigenvalue weighted by Crippen LogP contribution is -2.43. The average molecular weight is 208 g/mol. The molecule has 2 heteroatoms. The quantitative estimate of drug-likeness (QED) is 0.719. The maximum atomic E-state index is 11.4. The van der Waals surface area contributed by atoms with E-state index >= 15 is 0 Å². The van der Waals surface area contributed by atoms with E-state index in [-0.39, 0.29) is 5.41 Å². The Hall–Kier alpha value is -1.05. The first kappa shape index (κ1) is 12.0. The summed E-state index contributed by atoms with van der Waals surface area (Å²) in [6, 6.07) is 0. The summed E-state index contributed by atoms with van der Waals surface area (Å²) in [6.45, 7) is 7.53. The van der Waals surface area contributed by atoms with E-state index in [1.54, 1.807) is 6.08 Å². The van der Waals surface area contributed by atoms with Crippen LogP contribution in [0.2, 0.25) is 0 Å². The predicted molar refractivity (Wildman–Crippen MR) is 61.7 cm³/mol. The molecule has 2 nitrogen and oxygen atoms in total. The molecule has 0 heterocycles. The average Bonchev–Trinajstić information content (AvgIpc) is 2.18. The molecular formula is C13H20O2. The third-order valence-corrected chi connectivity index (χ3v) is 3.84. The molecule has 0 amide bonds. The fourth-order valence-corrected chi connectivity index (χ4v) is 2.33. The Balaban J connectivity index is 3.06. The van der Waals surface area contributed by atoms with Crippen molar-refractivity contribution in [1.82, 2.24) is 0 Å². The highest BCUT2D eigenvalue weighted by atomic mass is 16.4. The maximum absolute atomic E-state index is 11.4. The summed E-state index contributed by atoms with van der Waals surface area (Å²) in [5.41, 5.74) is -0.975. The lowest BCUT2D eigenvalue weighted by molar-refractivity contribution is -0.154. The molecular weight excluding hydrogens is 188 g/mol. The Kier molecular flexibility index (Phi) is 3.38. The van der Waals surface area contributed by atoms with Crippen molar-refractivity contribution in [2.75, 3.05) is 0 Å². The highest BCUT2D eigenvalue weighted by Gasteiger charge is 2.47. The SMILES string of the molecule is C=CC[C@@](C)(C(=O)O)[C@]1(C)C=CCCC1. The minimum absolute atomic E-state index is 0.245. The lowest BCUT2D eigenvalue weighted by Gasteiger charge is -2.43. The molecule has 2 atom stereocenters. The number of carbonyl (C=O) groups is 1. The van der Waals surface area contributed by atoms with Crippen molar-refractivity contribution < 1.29 is 9.90 Å². The van der Waals surface area contributed by atoms with Gasteiger partial charge in [-0.25, -0.2) is 0 Å². The smallest absolute Gasteiger partial charge is 0.310 e. The van der Waals surface area contributed by atoms with E-state index in [2.05, 4.69) is 18.7 Å². The number of aliphatic carboxylic acids is 1. The Morgan fingerprint density at radius 1 is 1.73 bits per heavy atom. The summed E-state index contributed by atoms with van der Waals surface area (Å²) in [6.07, 6.45) is 9.50. The van der Waals surface area contributed by atoms with Crippen LogP contribution in [0.25, 0.3) is 0 Å². The van der Waals surface area contributed by atoms with Crippen molar-refractivity contribution in [3.8, 4) is 0 Å². The number of carboxylic acid groups (broad SMARTS) is 1. The normalized spacial score (nSPS) is 29.5. The summed E-state index contributed by atoms with van der Waals surface area (Å²) in [5.74, 6) is -0.726. The van der Waals surface area contributed by atoms with Gasteiger partial charge in [0.2, 0.25) is 0 Å². The van der Waals surface area contributed by atoms with Crippen LogP contribution in [0.4, 0.5) is 0 Å². The van der Waals surface area contributed by atoms with Crippen molar-refractivity contribution >= 4 is 5.97 Å². The molecule has 1 aliphatic rings. The monoisotopic (exact) mass is 208 g/mol. The molecule has 0 aliphatic heterocycles. The molecule has 84 valence electrons. The van der Waals surface area contributed by atoms with Crippen molar-refractivity contribution in [3.05, 3.63) is 24.8 Å². The molecule has 0 bridgehead atoms. The zero-order valence-corrected chi connectivity index (χ0v) is 9.62. The first-order chi connectivity index (χ1) is 6.96. The van der Waals surface area contributed by atoms with Gasteiger partial charge in [-0.05, 0) is 32.6 Å². The van der Waals surface area contributed by atoms with Gasteiger partial charge in [0, 0.05) is 5.41 Å². The minimum atomic E-state index is -0.730. The summed E-state index contributed by atoms with van der Waals surface area (Å²) in [5, 5.41) is 9.40. The van der Waals surface area contributed by atoms with Gasteiger partial charge in [0.05, 0.1) is 5.41 Å². The van der Waals surface area contributed by atoms with Crippen molar-refractivity contribution in [1.29, 1.82) is 0 Å².